The predicted molar refractivity (Wildman–Crippen MR) is 93.8 cm³/mol. The molecule has 0 unspecified atom stereocenters. The van der Waals surface area contributed by atoms with Crippen LogP contribution in [0.2, 0.25) is 0 Å². The lowest BCUT2D eigenvalue weighted by Crippen LogP contribution is -2.20. The number of ether oxygens (including phenoxy) is 2. The van der Waals surface area contributed by atoms with E-state index < -0.39 is 30.9 Å². The van der Waals surface area contributed by atoms with Gasteiger partial charge in [-0.25, -0.2) is 9.18 Å². The summed E-state index contributed by atoms with van der Waals surface area (Å²) in [5, 5.41) is 2.76. The number of hydrogen-bond donors (Lipinski definition) is 1. The number of esters is 1. The number of amides is 1. The predicted octanol–water partition coefficient (Wildman–Crippen LogP) is 4.44. The van der Waals surface area contributed by atoms with Crippen molar-refractivity contribution in [2.24, 2.45) is 0 Å². The Balaban J connectivity index is 1.55. The first-order chi connectivity index (χ1) is 12.9. The fourth-order valence-corrected chi connectivity index (χ4v) is 3.21. The van der Waals surface area contributed by atoms with E-state index in [2.05, 4.69) is 10.1 Å². The molecule has 3 aromatic rings. The zero-order chi connectivity index (χ0) is 19.4. The average Bonchev–Trinajstić information content (AvgIpc) is 3.07. The minimum atomic E-state index is -2.94. The Morgan fingerprint density at radius 3 is 2.52 bits per heavy atom. The molecule has 0 aliphatic heterocycles. The van der Waals surface area contributed by atoms with Gasteiger partial charge < -0.3 is 14.8 Å². The molecular weight excluding hydrogens is 383 g/mol. The highest BCUT2D eigenvalue weighted by Crippen LogP contribution is 2.28. The highest BCUT2D eigenvalue weighted by molar-refractivity contribution is 7.20. The standard InChI is InChI=1S/C18H12F3NO4S/c19-13-2-1-3-14-12(13)8-15(27-14)17(24)25-9-16(23)22-10-4-6-11(7-5-10)26-18(20)21/h1-8,18H,9H2,(H,22,23). The molecule has 1 heterocycles. The first kappa shape index (κ1) is 18.7. The largest absolute Gasteiger partial charge is 0.451 e. The third-order valence-corrected chi connectivity index (χ3v) is 4.49. The van der Waals surface area contributed by atoms with Gasteiger partial charge >= 0.3 is 12.6 Å². The number of halogens is 3. The molecule has 0 radical (unpaired) electrons. The summed E-state index contributed by atoms with van der Waals surface area (Å²) in [5.74, 6) is -1.85. The number of hydrogen-bond acceptors (Lipinski definition) is 5. The van der Waals surface area contributed by atoms with Gasteiger partial charge in [0.25, 0.3) is 5.91 Å². The molecule has 0 aliphatic carbocycles. The van der Waals surface area contributed by atoms with E-state index in [1.165, 1.54) is 42.5 Å². The van der Waals surface area contributed by atoms with Crippen molar-refractivity contribution >= 4 is 39.0 Å². The van der Waals surface area contributed by atoms with E-state index in [4.69, 9.17) is 4.74 Å². The smallest absolute Gasteiger partial charge is 0.387 e. The topological polar surface area (TPSA) is 64.6 Å². The van der Waals surface area contributed by atoms with Crippen LogP contribution in [0.1, 0.15) is 9.67 Å². The van der Waals surface area contributed by atoms with Gasteiger partial charge in [-0.05, 0) is 42.5 Å². The second-order valence-corrected chi connectivity index (χ2v) is 6.37. The number of rotatable bonds is 6. The minimum absolute atomic E-state index is 0.0496. The van der Waals surface area contributed by atoms with Crippen molar-refractivity contribution in [3.05, 3.63) is 59.2 Å². The molecule has 1 aromatic heterocycles. The minimum Gasteiger partial charge on any atom is -0.451 e. The Bertz CT molecular complexity index is 972. The Morgan fingerprint density at radius 1 is 1.11 bits per heavy atom. The van der Waals surface area contributed by atoms with Crippen LogP contribution in [-0.4, -0.2) is 25.1 Å². The van der Waals surface area contributed by atoms with Crippen LogP contribution in [0.4, 0.5) is 18.9 Å². The summed E-state index contributed by atoms with van der Waals surface area (Å²) in [6.45, 7) is -3.49. The van der Waals surface area contributed by atoms with Crippen LogP contribution in [0.3, 0.4) is 0 Å². The van der Waals surface area contributed by atoms with Crippen LogP contribution in [0, 0.1) is 5.82 Å². The van der Waals surface area contributed by atoms with E-state index in [0.717, 1.165) is 11.3 Å². The molecule has 27 heavy (non-hydrogen) atoms. The van der Waals surface area contributed by atoms with Crippen LogP contribution in [0.25, 0.3) is 10.1 Å². The van der Waals surface area contributed by atoms with Gasteiger partial charge in [0.05, 0.1) is 0 Å². The second-order valence-electron chi connectivity index (χ2n) is 5.29. The van der Waals surface area contributed by atoms with Gasteiger partial charge in [0.15, 0.2) is 6.61 Å². The molecule has 0 saturated carbocycles. The number of carbonyl (C=O) groups excluding carboxylic acids is 2. The summed E-state index contributed by atoms with van der Waals surface area (Å²) >= 11 is 1.06. The lowest BCUT2D eigenvalue weighted by Gasteiger charge is -2.07. The summed E-state index contributed by atoms with van der Waals surface area (Å²) in [5.41, 5.74) is 0.321. The van der Waals surface area contributed by atoms with Gasteiger partial charge in [-0.15, -0.1) is 11.3 Å². The van der Waals surface area contributed by atoms with Gasteiger partial charge in [0.2, 0.25) is 0 Å². The summed E-state index contributed by atoms with van der Waals surface area (Å²) in [4.78, 5) is 24.0. The molecule has 0 spiro atoms. The first-order valence-electron chi connectivity index (χ1n) is 7.62. The number of carbonyl (C=O) groups is 2. The Labute approximate surface area is 155 Å². The fourth-order valence-electron chi connectivity index (χ4n) is 2.24. The number of thiophene rings is 1. The quantitative estimate of drug-likeness (QED) is 0.627. The van der Waals surface area contributed by atoms with Crippen molar-refractivity contribution < 1.29 is 32.2 Å². The van der Waals surface area contributed by atoms with Gasteiger partial charge in [0.1, 0.15) is 16.4 Å². The number of anilines is 1. The molecule has 3 rings (SSSR count). The van der Waals surface area contributed by atoms with Crippen molar-refractivity contribution in [3.63, 3.8) is 0 Å². The molecule has 140 valence electrons. The maximum absolute atomic E-state index is 13.7. The van der Waals surface area contributed by atoms with Crippen molar-refractivity contribution in [2.75, 3.05) is 11.9 Å². The van der Waals surface area contributed by atoms with Gasteiger partial charge in [0, 0.05) is 15.8 Å². The van der Waals surface area contributed by atoms with E-state index >= 15 is 0 Å². The van der Waals surface area contributed by atoms with Crippen LogP contribution in [0.15, 0.2) is 48.5 Å². The first-order valence-corrected chi connectivity index (χ1v) is 8.44. The molecule has 0 bridgehead atoms. The van der Waals surface area contributed by atoms with Crippen molar-refractivity contribution in [2.45, 2.75) is 6.61 Å². The summed E-state index contributed by atoms with van der Waals surface area (Å²) in [6.07, 6.45) is 0. The van der Waals surface area contributed by atoms with Crippen LogP contribution < -0.4 is 10.1 Å². The van der Waals surface area contributed by atoms with Crippen molar-refractivity contribution in [1.29, 1.82) is 0 Å². The summed E-state index contributed by atoms with van der Waals surface area (Å²) < 4.78 is 47.5. The van der Waals surface area contributed by atoms with Gasteiger partial charge in [-0.2, -0.15) is 8.78 Å². The van der Waals surface area contributed by atoms with Crippen molar-refractivity contribution in [3.8, 4) is 5.75 Å². The molecule has 1 amide bonds. The molecule has 5 nitrogen and oxygen atoms in total. The monoisotopic (exact) mass is 395 g/mol. The van der Waals surface area contributed by atoms with E-state index in [1.807, 2.05) is 0 Å². The SMILES string of the molecule is O=C(COC(=O)c1cc2c(F)cccc2s1)Nc1ccc(OC(F)F)cc1. The van der Waals surface area contributed by atoms with E-state index in [1.54, 1.807) is 6.07 Å². The van der Waals surface area contributed by atoms with Crippen LogP contribution in [-0.2, 0) is 9.53 Å². The lowest BCUT2D eigenvalue weighted by atomic mass is 10.2. The highest BCUT2D eigenvalue weighted by atomic mass is 32.1. The van der Waals surface area contributed by atoms with Gasteiger partial charge in [-0.3, -0.25) is 4.79 Å². The van der Waals surface area contributed by atoms with Gasteiger partial charge in [-0.1, -0.05) is 6.07 Å². The van der Waals surface area contributed by atoms with E-state index in [9.17, 15) is 22.8 Å². The number of fused-ring (bicyclic) bond motifs is 1. The normalized spacial score (nSPS) is 10.8. The van der Waals surface area contributed by atoms with Crippen LogP contribution >= 0.6 is 11.3 Å². The number of nitrogens with one attached hydrogen (secondary N) is 1. The molecule has 0 aliphatic rings. The van der Waals surface area contributed by atoms with E-state index in [0.29, 0.717) is 15.8 Å². The fraction of sp³-hybridized carbons (Fsp3) is 0.111. The zero-order valence-electron chi connectivity index (χ0n) is 13.6. The maximum Gasteiger partial charge on any atom is 0.387 e. The molecule has 0 atom stereocenters. The average molecular weight is 395 g/mol. The maximum atomic E-state index is 13.7. The molecular formula is C18H12F3NO4S. The zero-order valence-corrected chi connectivity index (χ0v) is 14.4. The highest BCUT2D eigenvalue weighted by Gasteiger charge is 2.15. The number of alkyl halides is 2. The third-order valence-electron chi connectivity index (χ3n) is 3.41. The Morgan fingerprint density at radius 2 is 1.85 bits per heavy atom. The third kappa shape index (κ3) is 4.76. The summed E-state index contributed by atoms with van der Waals surface area (Å²) in [6, 6.07) is 11.1. The van der Waals surface area contributed by atoms with Crippen molar-refractivity contribution in [1.82, 2.24) is 0 Å². The summed E-state index contributed by atoms with van der Waals surface area (Å²) in [7, 11) is 0. The molecule has 0 saturated heterocycles. The molecule has 9 heteroatoms. The molecule has 0 fully saturated rings. The lowest BCUT2D eigenvalue weighted by molar-refractivity contribution is -0.119. The molecule has 2 aromatic carbocycles. The van der Waals surface area contributed by atoms with E-state index in [-0.39, 0.29) is 10.6 Å². The Hall–Kier alpha value is -3.07. The number of benzene rings is 2. The Kier molecular flexibility index (Phi) is 5.60. The molecule has 1 N–H and O–H groups in total. The second kappa shape index (κ2) is 8.09. The van der Waals surface area contributed by atoms with Crippen LogP contribution in [0.5, 0.6) is 5.75 Å².